The first-order chi connectivity index (χ1) is 34.1. The first-order valence-corrected chi connectivity index (χ1v) is 28.2. The van der Waals surface area contributed by atoms with E-state index < -0.39 is 8.07 Å². The molecule has 0 aliphatic carbocycles. The molecule has 0 atom stereocenters. The smallest absolute Gasteiger partial charge is 0.131 e. The first-order valence-electron chi connectivity index (χ1n) is 24.7. The van der Waals surface area contributed by atoms with Crippen molar-refractivity contribution in [2.75, 3.05) is 0 Å². The topological polar surface area (TPSA) is 0 Å². The van der Waals surface area contributed by atoms with E-state index in [2.05, 4.69) is 160 Å². The molecule has 0 radical (unpaired) electrons. The standard InChI is InChI=1S/3C13H11F.C11H16.C10H16Si.C8H10/c1-10-2-4-11(5-3-10)12-6-8-13(14)9-7-12;1-10-5-7-11(8-6-10)12-3-2-4-13(14)9-12;1-10-6-8-11(9-7-10)12-4-2-3-5-13(12)14;2*1-9-5-7-10(8-6-9)11(2,3)4;1-7-3-5-8(2)6-4-7/h3*2-9H,1H3;2*5-8H,1-4H3;3-6H,1-2H3. The highest BCUT2D eigenvalue weighted by Crippen LogP contribution is 2.24. The van der Waals surface area contributed by atoms with Gasteiger partial charge in [-0.15, -0.1) is 0 Å². The lowest BCUT2D eigenvalue weighted by molar-refractivity contribution is 0.590. The molecule has 0 saturated heterocycles. The number of halogens is 3. The van der Waals surface area contributed by atoms with Crippen LogP contribution in [0.1, 0.15) is 65.3 Å². The summed E-state index contributed by atoms with van der Waals surface area (Å²) in [4.78, 5) is 0. The number of hydrogen-bond donors (Lipinski definition) is 0. The normalized spacial score (nSPS) is 10.5. The second kappa shape index (κ2) is 28.1. The molecule has 0 fully saturated rings. The molecule has 372 valence electrons. The summed E-state index contributed by atoms with van der Waals surface area (Å²) in [5.74, 6) is -0.555. The number of benzene rings is 9. The Balaban J connectivity index is 0.000000189. The lowest BCUT2D eigenvalue weighted by Crippen LogP contribution is -2.37. The highest BCUT2D eigenvalue weighted by molar-refractivity contribution is 6.88. The predicted octanol–water partition coefficient (Wildman–Crippen LogP) is 19.5. The van der Waals surface area contributed by atoms with Crippen molar-refractivity contribution >= 4 is 13.3 Å². The Morgan fingerprint density at radius 3 is 1.01 bits per heavy atom. The average Bonchev–Trinajstić information content (AvgIpc) is 3.34. The van der Waals surface area contributed by atoms with Crippen LogP contribution < -0.4 is 5.19 Å². The molecule has 9 rings (SSSR count). The van der Waals surface area contributed by atoms with Crippen molar-refractivity contribution in [3.05, 3.63) is 280 Å². The van der Waals surface area contributed by atoms with Crippen LogP contribution in [-0.2, 0) is 5.41 Å². The van der Waals surface area contributed by atoms with Gasteiger partial charge in [0.2, 0.25) is 0 Å². The Kier molecular flexibility index (Phi) is 22.5. The van der Waals surface area contributed by atoms with Gasteiger partial charge in [-0.1, -0.05) is 273 Å². The summed E-state index contributed by atoms with van der Waals surface area (Å²) in [5.41, 5.74) is 16.4. The molecule has 0 spiro atoms. The van der Waals surface area contributed by atoms with E-state index in [0.717, 1.165) is 27.8 Å². The summed E-state index contributed by atoms with van der Waals surface area (Å²) < 4.78 is 39.0. The van der Waals surface area contributed by atoms with Crippen molar-refractivity contribution < 1.29 is 13.2 Å². The summed E-state index contributed by atoms with van der Waals surface area (Å²) >= 11 is 0. The zero-order chi connectivity index (χ0) is 52.8. The van der Waals surface area contributed by atoms with E-state index in [4.69, 9.17) is 0 Å². The quantitative estimate of drug-likeness (QED) is 0.154. The third-order valence-electron chi connectivity index (χ3n) is 11.7. The third-order valence-corrected chi connectivity index (χ3v) is 13.8. The minimum Gasteiger partial charge on any atom is -0.207 e. The predicted molar refractivity (Wildman–Crippen MR) is 310 cm³/mol. The fourth-order valence-electron chi connectivity index (χ4n) is 6.97. The molecule has 0 nitrogen and oxygen atoms in total. The van der Waals surface area contributed by atoms with Crippen LogP contribution in [0.3, 0.4) is 0 Å². The van der Waals surface area contributed by atoms with Crippen molar-refractivity contribution in [1.29, 1.82) is 0 Å². The van der Waals surface area contributed by atoms with Crippen LogP contribution in [0, 0.1) is 65.9 Å². The zero-order valence-corrected chi connectivity index (χ0v) is 45.9. The van der Waals surface area contributed by atoms with Gasteiger partial charge in [-0.05, 0) is 118 Å². The lowest BCUT2D eigenvalue weighted by atomic mass is 9.87. The van der Waals surface area contributed by atoms with Crippen LogP contribution in [0.5, 0.6) is 0 Å². The summed E-state index contributed by atoms with van der Waals surface area (Å²) in [6.07, 6.45) is 0. The Bertz CT molecular complexity index is 2820. The van der Waals surface area contributed by atoms with Gasteiger partial charge in [-0.3, -0.25) is 0 Å². The first kappa shape index (κ1) is 57.6. The van der Waals surface area contributed by atoms with Gasteiger partial charge in [0.1, 0.15) is 17.5 Å². The van der Waals surface area contributed by atoms with Gasteiger partial charge in [-0.2, -0.15) is 0 Å². The van der Waals surface area contributed by atoms with Crippen molar-refractivity contribution in [1.82, 2.24) is 0 Å². The summed E-state index contributed by atoms with van der Waals surface area (Å²) in [5, 5.41) is 1.54. The molecule has 4 heteroatoms. The van der Waals surface area contributed by atoms with Crippen LogP contribution in [0.4, 0.5) is 13.2 Å². The molecule has 0 bridgehead atoms. The van der Waals surface area contributed by atoms with E-state index in [1.807, 2.05) is 86.6 Å². The molecule has 72 heavy (non-hydrogen) atoms. The third kappa shape index (κ3) is 20.8. The number of rotatable bonds is 4. The van der Waals surface area contributed by atoms with E-state index >= 15 is 0 Å². The summed E-state index contributed by atoms with van der Waals surface area (Å²) in [6.45, 7) is 28.4. The summed E-state index contributed by atoms with van der Waals surface area (Å²) in [7, 11) is -1.06. The van der Waals surface area contributed by atoms with Crippen LogP contribution in [0.25, 0.3) is 33.4 Å². The second-order valence-electron chi connectivity index (χ2n) is 20.5. The minimum absolute atomic E-state index is 0.170. The fourth-order valence-corrected chi connectivity index (χ4v) is 8.14. The molecule has 0 aliphatic rings. The zero-order valence-electron chi connectivity index (χ0n) is 44.9. The molecule has 0 aliphatic heterocycles. The summed E-state index contributed by atoms with van der Waals surface area (Å²) in [6, 6.07) is 70.3. The van der Waals surface area contributed by atoms with Crippen LogP contribution >= 0.6 is 0 Å². The van der Waals surface area contributed by atoms with Gasteiger partial charge in [-0.25, -0.2) is 13.2 Å². The van der Waals surface area contributed by atoms with E-state index in [-0.39, 0.29) is 22.9 Å². The Labute approximate surface area is 432 Å². The van der Waals surface area contributed by atoms with Crippen molar-refractivity contribution in [3.63, 3.8) is 0 Å². The van der Waals surface area contributed by atoms with Crippen molar-refractivity contribution in [2.45, 2.75) is 94.3 Å². The van der Waals surface area contributed by atoms with Gasteiger partial charge in [0.15, 0.2) is 0 Å². The van der Waals surface area contributed by atoms with E-state index in [1.54, 1.807) is 41.6 Å². The lowest BCUT2D eigenvalue weighted by Gasteiger charge is -2.18. The Morgan fingerprint density at radius 1 is 0.306 bits per heavy atom. The van der Waals surface area contributed by atoms with Gasteiger partial charge in [0.05, 0.1) is 8.07 Å². The molecule has 0 N–H and O–H groups in total. The van der Waals surface area contributed by atoms with E-state index in [1.165, 1.54) is 68.8 Å². The molecule has 9 aromatic carbocycles. The molecule has 0 saturated carbocycles. The maximum absolute atomic E-state index is 13.4. The molecular formula is C68H75F3Si. The molecule has 0 amide bonds. The minimum atomic E-state index is -1.06. The SMILES string of the molecule is Cc1ccc(-c2ccc(F)cc2)cc1.Cc1ccc(-c2cccc(F)c2)cc1.Cc1ccc(-c2ccccc2F)cc1.Cc1ccc(C(C)(C)C)cc1.Cc1ccc(C)cc1.Cc1ccc([Si](C)(C)C)cc1. The number of aryl methyl sites for hydroxylation is 7. The Morgan fingerprint density at radius 2 is 0.639 bits per heavy atom. The maximum Gasteiger partial charge on any atom is 0.131 e. The fraction of sp³-hybridized carbons (Fsp3) is 0.206. The van der Waals surface area contributed by atoms with Gasteiger partial charge in [0, 0.05) is 5.56 Å². The van der Waals surface area contributed by atoms with Gasteiger partial charge in [0.25, 0.3) is 0 Å². The number of hydrogen-bond acceptors (Lipinski definition) is 0. The highest BCUT2D eigenvalue weighted by Gasteiger charge is 2.15. The second-order valence-corrected chi connectivity index (χ2v) is 25.6. The molecule has 0 unspecified atom stereocenters. The molecular weight excluding hydrogens is 902 g/mol. The van der Waals surface area contributed by atoms with Crippen LogP contribution in [0.2, 0.25) is 19.6 Å². The molecule has 0 aromatic heterocycles. The van der Waals surface area contributed by atoms with Crippen molar-refractivity contribution in [3.8, 4) is 33.4 Å². The van der Waals surface area contributed by atoms with Gasteiger partial charge >= 0.3 is 0 Å². The van der Waals surface area contributed by atoms with E-state index in [9.17, 15) is 13.2 Å². The monoisotopic (exact) mass is 977 g/mol. The maximum atomic E-state index is 13.4. The van der Waals surface area contributed by atoms with Crippen molar-refractivity contribution in [2.24, 2.45) is 0 Å². The average molecular weight is 977 g/mol. The molecule has 9 aromatic rings. The molecule has 0 heterocycles. The highest BCUT2D eigenvalue weighted by atomic mass is 28.3. The Hall–Kier alpha value is -7.01. The van der Waals surface area contributed by atoms with Crippen LogP contribution in [0.15, 0.2) is 218 Å². The largest absolute Gasteiger partial charge is 0.207 e. The van der Waals surface area contributed by atoms with E-state index in [0.29, 0.717) is 5.56 Å². The van der Waals surface area contributed by atoms with Crippen LogP contribution in [-0.4, -0.2) is 8.07 Å². The van der Waals surface area contributed by atoms with Gasteiger partial charge < -0.3 is 0 Å².